The number of ether oxygens (including phenoxy) is 3. The molecule has 8 nitrogen and oxygen atoms in total. The molecule has 2 aromatic carbocycles. The number of rotatable bonds is 8. The topological polar surface area (TPSA) is 96.2 Å². The van der Waals surface area contributed by atoms with Gasteiger partial charge in [-0.25, -0.2) is 9.79 Å². The van der Waals surface area contributed by atoms with Crippen molar-refractivity contribution >= 4 is 29.4 Å². The SMILES string of the molecule is C=CCOc1ccc([C@@H]2C(C(=O)OCC)=C(C)N=c3sc(=Cc4cccc(OC(C)=O)c4)c(=O)n32)cc1. The Balaban J connectivity index is 1.85. The minimum absolute atomic E-state index is 0.194. The Morgan fingerprint density at radius 3 is 2.59 bits per heavy atom. The van der Waals surface area contributed by atoms with Crippen molar-refractivity contribution in [2.24, 2.45) is 4.99 Å². The minimum atomic E-state index is -0.724. The maximum Gasteiger partial charge on any atom is 0.338 e. The molecule has 0 aliphatic carbocycles. The summed E-state index contributed by atoms with van der Waals surface area (Å²) in [6.07, 6.45) is 3.36. The molecule has 2 heterocycles. The molecular weight excluding hydrogens is 492 g/mol. The highest BCUT2D eigenvalue weighted by Gasteiger charge is 2.33. The summed E-state index contributed by atoms with van der Waals surface area (Å²) in [4.78, 5) is 43.1. The summed E-state index contributed by atoms with van der Waals surface area (Å²) >= 11 is 1.22. The third kappa shape index (κ3) is 5.62. The molecule has 9 heteroatoms. The van der Waals surface area contributed by atoms with E-state index in [1.807, 2.05) is 12.1 Å². The number of fused-ring (bicyclic) bond motifs is 1. The Labute approximate surface area is 217 Å². The van der Waals surface area contributed by atoms with Crippen LogP contribution in [0.4, 0.5) is 0 Å². The molecule has 0 radical (unpaired) electrons. The Morgan fingerprint density at radius 1 is 1.16 bits per heavy atom. The highest BCUT2D eigenvalue weighted by atomic mass is 32.1. The van der Waals surface area contributed by atoms with Crippen LogP contribution >= 0.6 is 11.3 Å². The number of nitrogens with zero attached hydrogens (tertiary/aromatic N) is 2. The molecule has 0 amide bonds. The standard InChI is InChI=1S/C28H26N2O6S/c1-5-14-35-21-12-10-20(11-13-21)25-24(27(33)34-6-2)17(3)29-28-30(25)26(32)23(37-28)16-19-8-7-9-22(15-19)36-18(4)31/h5,7-13,15-16,25H,1,6,14H2,2-4H3/t25-/m1/s1. The Kier molecular flexibility index (Phi) is 7.83. The fraction of sp³-hybridized carbons (Fsp3) is 0.214. The smallest absolute Gasteiger partial charge is 0.338 e. The van der Waals surface area contributed by atoms with Gasteiger partial charge in [-0.2, -0.15) is 0 Å². The zero-order valence-corrected chi connectivity index (χ0v) is 21.5. The third-order valence-electron chi connectivity index (χ3n) is 5.50. The van der Waals surface area contributed by atoms with Gasteiger partial charge in [0.05, 0.1) is 28.5 Å². The summed E-state index contributed by atoms with van der Waals surface area (Å²) in [6.45, 7) is 9.00. The fourth-order valence-corrected chi connectivity index (χ4v) is 5.04. The first-order chi connectivity index (χ1) is 17.8. The van der Waals surface area contributed by atoms with Crippen molar-refractivity contribution in [3.63, 3.8) is 0 Å². The first-order valence-corrected chi connectivity index (χ1v) is 12.5. The number of carbonyl (C=O) groups is 2. The van der Waals surface area contributed by atoms with E-state index in [4.69, 9.17) is 14.2 Å². The summed E-state index contributed by atoms with van der Waals surface area (Å²) in [5.74, 6) is 0.0664. The van der Waals surface area contributed by atoms with Gasteiger partial charge in [0, 0.05) is 6.92 Å². The number of aromatic nitrogens is 1. The second-order valence-corrected chi connectivity index (χ2v) is 9.15. The number of esters is 2. The van der Waals surface area contributed by atoms with Crippen LogP contribution in [0.25, 0.3) is 6.08 Å². The van der Waals surface area contributed by atoms with Crippen LogP contribution in [0.2, 0.25) is 0 Å². The molecule has 1 aliphatic rings. The second kappa shape index (κ2) is 11.2. The molecule has 0 saturated heterocycles. The van der Waals surface area contributed by atoms with Crippen LogP contribution in [-0.4, -0.2) is 29.7 Å². The van der Waals surface area contributed by atoms with Gasteiger partial charge in [0.1, 0.15) is 18.1 Å². The van der Waals surface area contributed by atoms with Crippen molar-refractivity contribution < 1.29 is 23.8 Å². The van der Waals surface area contributed by atoms with Gasteiger partial charge in [0.25, 0.3) is 5.56 Å². The summed E-state index contributed by atoms with van der Waals surface area (Å²) in [5.41, 5.74) is 1.89. The highest BCUT2D eigenvalue weighted by molar-refractivity contribution is 7.07. The zero-order chi connectivity index (χ0) is 26.5. The van der Waals surface area contributed by atoms with E-state index < -0.39 is 18.0 Å². The van der Waals surface area contributed by atoms with Gasteiger partial charge in [0.2, 0.25) is 0 Å². The number of thiazole rings is 1. The van der Waals surface area contributed by atoms with Crippen molar-refractivity contribution in [2.75, 3.05) is 13.2 Å². The molecule has 0 fully saturated rings. The van der Waals surface area contributed by atoms with Crippen molar-refractivity contribution in [3.8, 4) is 11.5 Å². The summed E-state index contributed by atoms with van der Waals surface area (Å²) in [6, 6.07) is 13.4. The number of hydrogen-bond donors (Lipinski definition) is 0. The second-order valence-electron chi connectivity index (χ2n) is 8.14. The lowest BCUT2D eigenvalue weighted by Gasteiger charge is -2.24. The van der Waals surface area contributed by atoms with E-state index in [2.05, 4.69) is 11.6 Å². The molecule has 37 heavy (non-hydrogen) atoms. The van der Waals surface area contributed by atoms with Crippen LogP contribution < -0.4 is 24.4 Å². The minimum Gasteiger partial charge on any atom is -0.490 e. The molecule has 0 bridgehead atoms. The normalized spacial score (nSPS) is 15.0. The van der Waals surface area contributed by atoms with Gasteiger partial charge >= 0.3 is 11.9 Å². The van der Waals surface area contributed by atoms with E-state index >= 15 is 0 Å². The van der Waals surface area contributed by atoms with Gasteiger partial charge in [-0.3, -0.25) is 14.2 Å². The average Bonchev–Trinajstić information content (AvgIpc) is 3.16. The molecule has 1 aromatic heterocycles. The molecule has 190 valence electrons. The Bertz CT molecular complexity index is 1560. The molecule has 1 aliphatic heterocycles. The predicted molar refractivity (Wildman–Crippen MR) is 140 cm³/mol. The third-order valence-corrected chi connectivity index (χ3v) is 6.48. The van der Waals surface area contributed by atoms with Crippen molar-refractivity contribution in [3.05, 3.63) is 103 Å². The van der Waals surface area contributed by atoms with Crippen LogP contribution in [0.1, 0.15) is 37.9 Å². The van der Waals surface area contributed by atoms with Gasteiger partial charge in [-0.1, -0.05) is 48.3 Å². The number of allylic oxidation sites excluding steroid dienone is 1. The van der Waals surface area contributed by atoms with Gasteiger partial charge in [-0.15, -0.1) is 0 Å². The fourth-order valence-electron chi connectivity index (χ4n) is 3.99. The summed E-state index contributed by atoms with van der Waals surface area (Å²) in [5, 5.41) is 0. The first kappa shape index (κ1) is 25.8. The predicted octanol–water partition coefficient (Wildman–Crippen LogP) is 3.29. The van der Waals surface area contributed by atoms with E-state index in [9.17, 15) is 14.4 Å². The van der Waals surface area contributed by atoms with Crippen LogP contribution in [-0.2, 0) is 14.3 Å². The molecule has 0 spiro atoms. The van der Waals surface area contributed by atoms with Gasteiger partial charge in [-0.05, 0) is 55.3 Å². The van der Waals surface area contributed by atoms with E-state index in [-0.39, 0.29) is 12.2 Å². The maximum atomic E-state index is 13.7. The van der Waals surface area contributed by atoms with Gasteiger partial charge < -0.3 is 14.2 Å². The Hall–Kier alpha value is -4.24. The van der Waals surface area contributed by atoms with Crippen molar-refractivity contribution in [2.45, 2.75) is 26.8 Å². The van der Waals surface area contributed by atoms with Crippen LogP contribution in [0.3, 0.4) is 0 Å². The quantitative estimate of drug-likeness (QED) is 0.258. The molecule has 1 atom stereocenters. The average molecular weight is 519 g/mol. The number of benzene rings is 2. The van der Waals surface area contributed by atoms with E-state index in [1.54, 1.807) is 62.4 Å². The summed E-state index contributed by atoms with van der Waals surface area (Å²) < 4.78 is 18.0. The van der Waals surface area contributed by atoms with E-state index in [0.717, 1.165) is 0 Å². The van der Waals surface area contributed by atoms with Crippen LogP contribution in [0, 0.1) is 0 Å². The molecular formula is C28H26N2O6S. The molecule has 3 aromatic rings. The molecule has 0 unspecified atom stereocenters. The van der Waals surface area contributed by atoms with E-state index in [1.165, 1.54) is 22.8 Å². The molecule has 4 rings (SSSR count). The van der Waals surface area contributed by atoms with Crippen molar-refractivity contribution in [1.82, 2.24) is 4.57 Å². The van der Waals surface area contributed by atoms with Crippen molar-refractivity contribution in [1.29, 1.82) is 0 Å². The lowest BCUT2D eigenvalue weighted by atomic mass is 9.96. The lowest BCUT2D eigenvalue weighted by Crippen LogP contribution is -2.39. The van der Waals surface area contributed by atoms with E-state index in [0.29, 0.717) is 49.8 Å². The Morgan fingerprint density at radius 2 is 1.92 bits per heavy atom. The van der Waals surface area contributed by atoms with Crippen LogP contribution in [0.15, 0.2) is 82.2 Å². The number of hydrogen-bond acceptors (Lipinski definition) is 8. The molecule has 0 N–H and O–H groups in total. The largest absolute Gasteiger partial charge is 0.490 e. The maximum absolute atomic E-state index is 13.7. The first-order valence-electron chi connectivity index (χ1n) is 11.6. The zero-order valence-electron chi connectivity index (χ0n) is 20.7. The number of carbonyl (C=O) groups excluding carboxylic acids is 2. The lowest BCUT2D eigenvalue weighted by molar-refractivity contribution is -0.139. The molecule has 0 saturated carbocycles. The van der Waals surface area contributed by atoms with Crippen LogP contribution in [0.5, 0.6) is 11.5 Å². The summed E-state index contributed by atoms with van der Waals surface area (Å²) in [7, 11) is 0. The monoisotopic (exact) mass is 518 g/mol. The van der Waals surface area contributed by atoms with Gasteiger partial charge in [0.15, 0.2) is 4.80 Å². The highest BCUT2D eigenvalue weighted by Crippen LogP contribution is 2.31.